The summed E-state index contributed by atoms with van der Waals surface area (Å²) in [6, 6.07) is 32.4. The fourth-order valence-corrected chi connectivity index (χ4v) is 5.19. The number of hydrogen-bond acceptors (Lipinski definition) is 5. The highest BCUT2D eigenvalue weighted by Gasteiger charge is 2.31. The lowest BCUT2D eigenvalue weighted by molar-refractivity contribution is -0.138. The van der Waals surface area contributed by atoms with Crippen LogP contribution in [0, 0.1) is 0 Å². The zero-order valence-electron chi connectivity index (χ0n) is 25.6. The standard InChI is InChI=1S/C22H16F3N3.C16H11F3N2/c23-22(24,25)18-7-1-6-17(12-18)19-10-9-16-5-2-8-20(21(16)28-19)27-14-15-4-3-11-26-13-15;17-16(18,19)12-5-1-4-11(9-12)14-8-7-10-3-2-6-13(20)15(10)21-14/h1-13,27H,14H2;1-9H,20H2. The molecule has 246 valence electrons. The van der Waals surface area contributed by atoms with E-state index in [1.807, 2.05) is 48.5 Å². The van der Waals surface area contributed by atoms with E-state index in [4.69, 9.17) is 5.73 Å². The molecule has 7 aromatic rings. The number of nitrogen functional groups attached to an aromatic ring is 1. The minimum atomic E-state index is -4.39. The van der Waals surface area contributed by atoms with E-state index in [0.717, 1.165) is 46.3 Å². The number of alkyl halides is 6. The van der Waals surface area contributed by atoms with Crippen LogP contribution in [0.2, 0.25) is 0 Å². The molecule has 7 rings (SSSR count). The number of rotatable bonds is 5. The molecule has 0 unspecified atom stereocenters. The SMILES string of the molecule is FC(F)(F)c1cccc(-c2ccc3cccc(NCc4cccnc4)c3n2)c1.Nc1cccc2ccc(-c3cccc(C(F)(F)F)c3)nc12. The highest BCUT2D eigenvalue weighted by Crippen LogP contribution is 2.34. The second-order valence-electron chi connectivity index (χ2n) is 11.1. The lowest BCUT2D eigenvalue weighted by atomic mass is 10.1. The summed E-state index contributed by atoms with van der Waals surface area (Å²) in [5.74, 6) is 0. The monoisotopic (exact) mass is 667 g/mol. The molecule has 0 aliphatic heterocycles. The van der Waals surface area contributed by atoms with E-state index < -0.39 is 23.5 Å². The maximum atomic E-state index is 13.0. The van der Waals surface area contributed by atoms with Gasteiger partial charge in [0.25, 0.3) is 0 Å². The van der Waals surface area contributed by atoms with Gasteiger partial charge in [-0.2, -0.15) is 26.3 Å². The number of benzene rings is 4. The second-order valence-corrected chi connectivity index (χ2v) is 11.1. The van der Waals surface area contributed by atoms with E-state index in [0.29, 0.717) is 45.8 Å². The van der Waals surface area contributed by atoms with Gasteiger partial charge in [-0.3, -0.25) is 4.98 Å². The van der Waals surface area contributed by atoms with Crippen molar-refractivity contribution in [3.63, 3.8) is 0 Å². The number of hydrogen-bond donors (Lipinski definition) is 2. The fraction of sp³-hybridized carbons (Fsp3) is 0.0789. The molecule has 0 bridgehead atoms. The van der Waals surface area contributed by atoms with Crippen molar-refractivity contribution in [1.29, 1.82) is 0 Å². The average Bonchev–Trinajstić information content (AvgIpc) is 3.11. The molecule has 0 saturated heterocycles. The number of nitrogens with zero attached hydrogens (tertiary/aromatic N) is 3. The van der Waals surface area contributed by atoms with E-state index in [1.54, 1.807) is 48.8 Å². The van der Waals surface area contributed by atoms with Crippen molar-refractivity contribution in [2.75, 3.05) is 11.1 Å². The van der Waals surface area contributed by atoms with Gasteiger partial charge < -0.3 is 11.1 Å². The van der Waals surface area contributed by atoms with E-state index in [-0.39, 0.29) is 0 Å². The number of pyridine rings is 3. The van der Waals surface area contributed by atoms with E-state index >= 15 is 0 Å². The third kappa shape index (κ3) is 7.78. The number of aromatic nitrogens is 3. The number of anilines is 2. The molecule has 49 heavy (non-hydrogen) atoms. The normalized spacial score (nSPS) is 11.6. The van der Waals surface area contributed by atoms with E-state index in [9.17, 15) is 26.3 Å². The zero-order valence-corrected chi connectivity index (χ0v) is 25.6. The summed E-state index contributed by atoms with van der Waals surface area (Å²) in [6.07, 6.45) is -5.26. The van der Waals surface area contributed by atoms with Crippen molar-refractivity contribution in [3.05, 3.63) is 150 Å². The predicted molar refractivity (Wildman–Crippen MR) is 180 cm³/mol. The van der Waals surface area contributed by atoms with Gasteiger partial charge in [0.1, 0.15) is 0 Å². The van der Waals surface area contributed by atoms with Crippen LogP contribution in [0.25, 0.3) is 44.3 Å². The summed E-state index contributed by atoms with van der Waals surface area (Å²) in [4.78, 5) is 13.1. The third-order valence-corrected chi connectivity index (χ3v) is 7.65. The highest BCUT2D eigenvalue weighted by molar-refractivity contribution is 5.92. The van der Waals surface area contributed by atoms with Gasteiger partial charge in [0, 0.05) is 40.8 Å². The molecule has 3 N–H and O–H groups in total. The Hall–Kier alpha value is -5.97. The maximum Gasteiger partial charge on any atom is 0.416 e. The molecule has 0 saturated carbocycles. The van der Waals surface area contributed by atoms with E-state index in [2.05, 4.69) is 20.3 Å². The van der Waals surface area contributed by atoms with Crippen molar-refractivity contribution in [2.24, 2.45) is 0 Å². The zero-order chi connectivity index (χ0) is 34.6. The van der Waals surface area contributed by atoms with Gasteiger partial charge in [0.05, 0.1) is 44.9 Å². The third-order valence-electron chi connectivity index (χ3n) is 7.65. The minimum absolute atomic E-state index is 0.412. The smallest absolute Gasteiger partial charge is 0.397 e. The number of halogens is 6. The van der Waals surface area contributed by atoms with Crippen LogP contribution < -0.4 is 11.1 Å². The molecule has 0 fully saturated rings. The first-order valence-corrected chi connectivity index (χ1v) is 15.0. The molecule has 5 nitrogen and oxygen atoms in total. The molecule has 0 amide bonds. The Morgan fingerprint density at radius 3 is 1.69 bits per heavy atom. The average molecular weight is 668 g/mol. The first-order valence-electron chi connectivity index (χ1n) is 15.0. The van der Waals surface area contributed by atoms with Crippen molar-refractivity contribution < 1.29 is 26.3 Å². The van der Waals surface area contributed by atoms with Crippen LogP contribution in [-0.4, -0.2) is 15.0 Å². The first kappa shape index (κ1) is 33.0. The maximum absolute atomic E-state index is 13.0. The van der Waals surface area contributed by atoms with Gasteiger partial charge in [-0.25, -0.2) is 9.97 Å². The van der Waals surface area contributed by atoms with Crippen molar-refractivity contribution in [2.45, 2.75) is 18.9 Å². The van der Waals surface area contributed by atoms with E-state index in [1.165, 1.54) is 12.1 Å². The van der Waals surface area contributed by atoms with Gasteiger partial charge in [-0.1, -0.05) is 66.7 Å². The number of nitrogens with two attached hydrogens (primary N) is 1. The van der Waals surface area contributed by atoms with Crippen LogP contribution in [0.3, 0.4) is 0 Å². The van der Waals surface area contributed by atoms with Crippen LogP contribution in [-0.2, 0) is 18.9 Å². The molecule has 0 aliphatic rings. The largest absolute Gasteiger partial charge is 0.416 e. The summed E-state index contributed by atoms with van der Waals surface area (Å²) < 4.78 is 77.4. The van der Waals surface area contributed by atoms with Crippen LogP contribution in [0.4, 0.5) is 37.7 Å². The second kappa shape index (κ2) is 13.6. The first-order chi connectivity index (χ1) is 23.5. The molecule has 11 heteroatoms. The predicted octanol–water partition coefficient (Wildman–Crippen LogP) is 10.4. The number of fused-ring (bicyclic) bond motifs is 2. The minimum Gasteiger partial charge on any atom is -0.397 e. The topological polar surface area (TPSA) is 76.7 Å². The van der Waals surface area contributed by atoms with Gasteiger partial charge in [0.15, 0.2) is 0 Å². The van der Waals surface area contributed by atoms with Crippen molar-refractivity contribution in [3.8, 4) is 22.5 Å². The fourth-order valence-electron chi connectivity index (χ4n) is 5.19. The van der Waals surface area contributed by atoms with Crippen LogP contribution >= 0.6 is 0 Å². The van der Waals surface area contributed by atoms with Crippen molar-refractivity contribution in [1.82, 2.24) is 15.0 Å². The summed E-state index contributed by atoms with van der Waals surface area (Å²) >= 11 is 0. The Bertz CT molecular complexity index is 2230. The lowest BCUT2D eigenvalue weighted by Gasteiger charge is -2.12. The summed E-state index contributed by atoms with van der Waals surface area (Å²) in [7, 11) is 0. The van der Waals surface area contributed by atoms with Gasteiger partial charge >= 0.3 is 12.4 Å². The molecule has 0 spiro atoms. The summed E-state index contributed by atoms with van der Waals surface area (Å²) in [5.41, 5.74) is 9.92. The Morgan fingerprint density at radius 2 is 1.12 bits per heavy atom. The molecule has 3 heterocycles. The quantitative estimate of drug-likeness (QED) is 0.141. The molecular formula is C38H27F6N5. The Labute approximate surface area is 277 Å². The lowest BCUT2D eigenvalue weighted by Crippen LogP contribution is -2.04. The van der Waals surface area contributed by atoms with Crippen molar-refractivity contribution >= 4 is 33.2 Å². The van der Waals surface area contributed by atoms with Gasteiger partial charge in [-0.15, -0.1) is 0 Å². The highest BCUT2D eigenvalue weighted by atomic mass is 19.4. The molecular weight excluding hydrogens is 640 g/mol. The Balaban J connectivity index is 0.000000177. The molecule has 0 aliphatic carbocycles. The Kier molecular flexibility index (Phi) is 9.17. The Morgan fingerprint density at radius 1 is 0.571 bits per heavy atom. The van der Waals surface area contributed by atoms with Crippen LogP contribution in [0.1, 0.15) is 16.7 Å². The van der Waals surface area contributed by atoms with Crippen LogP contribution in [0.15, 0.2) is 134 Å². The molecule has 0 atom stereocenters. The van der Waals surface area contributed by atoms with Gasteiger partial charge in [0.2, 0.25) is 0 Å². The summed E-state index contributed by atoms with van der Waals surface area (Å²) in [6.45, 7) is 0.572. The number of nitrogens with one attached hydrogen (secondary N) is 1. The molecule has 0 radical (unpaired) electrons. The van der Waals surface area contributed by atoms with Crippen LogP contribution in [0.5, 0.6) is 0 Å². The number of para-hydroxylation sites is 2. The van der Waals surface area contributed by atoms with Gasteiger partial charge in [-0.05, 0) is 60.2 Å². The molecule has 4 aromatic carbocycles. The molecule has 3 aromatic heterocycles. The summed E-state index contributed by atoms with van der Waals surface area (Å²) in [5, 5.41) is 5.10.